The highest BCUT2D eigenvalue weighted by Crippen LogP contribution is 2.29. The number of amides is 1. The number of likely N-dealkylation sites (tertiary alicyclic amines) is 1. The lowest BCUT2D eigenvalue weighted by atomic mass is 9.96. The molecule has 1 aromatic carbocycles. The second-order valence-electron chi connectivity index (χ2n) is 7.03. The average molecular weight is 392 g/mol. The van der Waals surface area contributed by atoms with Gasteiger partial charge >= 0.3 is 0 Å². The molecule has 3 aromatic rings. The summed E-state index contributed by atoms with van der Waals surface area (Å²) in [4.78, 5) is 14.5. The molecule has 1 saturated heterocycles. The lowest BCUT2D eigenvalue weighted by molar-refractivity contribution is -0.127. The van der Waals surface area contributed by atoms with E-state index in [0.29, 0.717) is 30.5 Å². The molecule has 7 heteroatoms. The van der Waals surface area contributed by atoms with Crippen LogP contribution in [0.4, 0.5) is 0 Å². The largest absolute Gasteiger partial charge is 0.493 e. The average Bonchev–Trinajstić information content (AvgIpc) is 3.21. The lowest BCUT2D eigenvalue weighted by Gasteiger charge is -2.30. The molecule has 3 heterocycles. The third-order valence-electron chi connectivity index (χ3n) is 5.34. The molecule has 0 atom stereocenters. The first-order chi connectivity index (χ1) is 14.2. The number of benzene rings is 1. The number of fused-ring (bicyclic) bond motifs is 1. The summed E-state index contributed by atoms with van der Waals surface area (Å²) in [6.45, 7) is 1.42. The maximum Gasteiger partial charge on any atom is 0.246 e. The number of methoxy groups -OCH3 is 2. The number of carbonyl (C=O) groups excluding carboxylic acids is 1. The van der Waals surface area contributed by atoms with Crippen LogP contribution in [0, 0.1) is 0 Å². The minimum Gasteiger partial charge on any atom is -0.493 e. The van der Waals surface area contributed by atoms with Crippen LogP contribution in [0.15, 0.2) is 48.7 Å². The van der Waals surface area contributed by atoms with Crippen LogP contribution in [0.1, 0.15) is 30.1 Å². The number of hydrogen-bond donors (Lipinski definition) is 0. The number of rotatable bonds is 5. The quantitative estimate of drug-likeness (QED) is 0.624. The van der Waals surface area contributed by atoms with Crippen LogP contribution in [0.25, 0.3) is 11.7 Å². The predicted molar refractivity (Wildman–Crippen MR) is 110 cm³/mol. The van der Waals surface area contributed by atoms with E-state index < -0.39 is 0 Å². The molecule has 0 radical (unpaired) electrons. The molecule has 29 heavy (non-hydrogen) atoms. The van der Waals surface area contributed by atoms with Crippen LogP contribution in [0.5, 0.6) is 11.5 Å². The zero-order valence-electron chi connectivity index (χ0n) is 16.6. The van der Waals surface area contributed by atoms with Gasteiger partial charge in [0.2, 0.25) is 5.91 Å². The Kier molecular flexibility index (Phi) is 5.46. The van der Waals surface area contributed by atoms with Crippen molar-refractivity contribution >= 4 is 17.6 Å². The van der Waals surface area contributed by atoms with Crippen molar-refractivity contribution in [1.82, 2.24) is 19.5 Å². The Morgan fingerprint density at radius 2 is 1.86 bits per heavy atom. The summed E-state index contributed by atoms with van der Waals surface area (Å²) in [6.07, 6.45) is 7.18. The second-order valence-corrected chi connectivity index (χ2v) is 7.03. The highest BCUT2D eigenvalue weighted by molar-refractivity contribution is 5.92. The molecule has 150 valence electrons. The van der Waals surface area contributed by atoms with E-state index in [1.54, 1.807) is 20.3 Å². The van der Waals surface area contributed by atoms with Gasteiger partial charge in [0.15, 0.2) is 17.1 Å². The SMILES string of the molecule is COc1ccc(/C=C/C(=O)N2CCC(c3nnc4ccccn34)CC2)cc1OC. The number of carbonyl (C=O) groups is 1. The summed E-state index contributed by atoms with van der Waals surface area (Å²) in [5.41, 5.74) is 1.75. The smallest absolute Gasteiger partial charge is 0.246 e. The van der Waals surface area contributed by atoms with Gasteiger partial charge < -0.3 is 14.4 Å². The van der Waals surface area contributed by atoms with E-state index in [-0.39, 0.29) is 5.91 Å². The molecule has 0 bridgehead atoms. The normalized spacial score (nSPS) is 15.2. The number of hydrogen-bond acceptors (Lipinski definition) is 5. The van der Waals surface area contributed by atoms with Crippen molar-refractivity contribution in [2.24, 2.45) is 0 Å². The molecule has 1 amide bonds. The van der Waals surface area contributed by atoms with Crippen molar-refractivity contribution in [2.45, 2.75) is 18.8 Å². The Bertz CT molecular complexity index is 1040. The molecule has 0 saturated carbocycles. The Balaban J connectivity index is 1.38. The molecule has 0 spiro atoms. The fourth-order valence-electron chi connectivity index (χ4n) is 3.73. The van der Waals surface area contributed by atoms with E-state index in [2.05, 4.69) is 10.2 Å². The zero-order chi connectivity index (χ0) is 20.2. The molecule has 1 aliphatic heterocycles. The van der Waals surface area contributed by atoms with Gasteiger partial charge in [-0.2, -0.15) is 0 Å². The first kappa shape index (κ1) is 19.0. The second kappa shape index (κ2) is 8.34. The highest BCUT2D eigenvalue weighted by Gasteiger charge is 2.26. The molecule has 2 aromatic heterocycles. The molecule has 4 rings (SSSR count). The van der Waals surface area contributed by atoms with Gasteiger partial charge in [-0.3, -0.25) is 9.20 Å². The highest BCUT2D eigenvalue weighted by atomic mass is 16.5. The standard InChI is InChI=1S/C22H24N4O3/c1-28-18-8-6-16(15-19(18)29-2)7-9-21(27)25-13-10-17(11-14-25)22-24-23-20-5-3-4-12-26(20)22/h3-9,12,15,17H,10-11,13-14H2,1-2H3/b9-7+. The van der Waals surface area contributed by atoms with Crippen LogP contribution in [0.2, 0.25) is 0 Å². The molecular formula is C22H24N4O3. The fraction of sp³-hybridized carbons (Fsp3) is 0.318. The van der Waals surface area contributed by atoms with Gasteiger partial charge in [0, 0.05) is 31.3 Å². The number of piperidine rings is 1. The van der Waals surface area contributed by atoms with Crippen molar-refractivity contribution in [2.75, 3.05) is 27.3 Å². The minimum absolute atomic E-state index is 0.0179. The monoisotopic (exact) mass is 392 g/mol. The summed E-state index contributed by atoms with van der Waals surface area (Å²) in [5.74, 6) is 2.62. The number of pyridine rings is 1. The maximum atomic E-state index is 12.6. The van der Waals surface area contributed by atoms with Gasteiger partial charge in [0.1, 0.15) is 5.82 Å². The number of nitrogens with zero attached hydrogens (tertiary/aromatic N) is 4. The molecular weight excluding hydrogens is 368 g/mol. The van der Waals surface area contributed by atoms with Gasteiger partial charge in [0.05, 0.1) is 14.2 Å². The van der Waals surface area contributed by atoms with E-state index in [1.165, 1.54) is 0 Å². The van der Waals surface area contributed by atoms with Gasteiger partial charge in [-0.25, -0.2) is 0 Å². The Morgan fingerprint density at radius 3 is 2.62 bits per heavy atom. The van der Waals surface area contributed by atoms with Gasteiger partial charge in [-0.05, 0) is 48.7 Å². The topological polar surface area (TPSA) is 69.0 Å². The fourth-order valence-corrected chi connectivity index (χ4v) is 3.73. The van der Waals surface area contributed by atoms with Gasteiger partial charge in [-0.1, -0.05) is 12.1 Å². The van der Waals surface area contributed by atoms with Gasteiger partial charge in [0.25, 0.3) is 0 Å². The summed E-state index contributed by atoms with van der Waals surface area (Å²) >= 11 is 0. The first-order valence-corrected chi connectivity index (χ1v) is 9.68. The van der Waals surface area contributed by atoms with Crippen molar-refractivity contribution in [1.29, 1.82) is 0 Å². The van der Waals surface area contributed by atoms with Crippen LogP contribution in [-0.2, 0) is 4.79 Å². The molecule has 1 aliphatic rings. The van der Waals surface area contributed by atoms with E-state index in [9.17, 15) is 4.79 Å². The zero-order valence-corrected chi connectivity index (χ0v) is 16.6. The molecule has 0 unspecified atom stereocenters. The Morgan fingerprint density at radius 1 is 1.07 bits per heavy atom. The Hall–Kier alpha value is -3.35. The minimum atomic E-state index is 0.0179. The van der Waals surface area contributed by atoms with Crippen LogP contribution in [0.3, 0.4) is 0 Å². The number of aromatic nitrogens is 3. The van der Waals surface area contributed by atoms with Crippen LogP contribution < -0.4 is 9.47 Å². The van der Waals surface area contributed by atoms with Gasteiger partial charge in [-0.15, -0.1) is 10.2 Å². The van der Waals surface area contributed by atoms with Crippen LogP contribution in [-0.4, -0.2) is 52.7 Å². The van der Waals surface area contributed by atoms with E-state index in [1.807, 2.05) is 58.0 Å². The first-order valence-electron chi connectivity index (χ1n) is 9.68. The van der Waals surface area contributed by atoms with Crippen molar-refractivity contribution in [3.63, 3.8) is 0 Å². The third-order valence-corrected chi connectivity index (χ3v) is 5.34. The molecule has 1 fully saturated rings. The maximum absolute atomic E-state index is 12.6. The van der Waals surface area contributed by atoms with Crippen molar-refractivity contribution < 1.29 is 14.3 Å². The van der Waals surface area contributed by atoms with Crippen molar-refractivity contribution in [3.05, 3.63) is 60.1 Å². The van der Waals surface area contributed by atoms with E-state index >= 15 is 0 Å². The summed E-state index contributed by atoms with van der Waals surface area (Å²) in [5, 5.41) is 8.61. The summed E-state index contributed by atoms with van der Waals surface area (Å²) in [7, 11) is 3.20. The van der Waals surface area contributed by atoms with Crippen molar-refractivity contribution in [3.8, 4) is 11.5 Å². The van der Waals surface area contributed by atoms with E-state index in [4.69, 9.17) is 9.47 Å². The Labute approximate surface area is 169 Å². The summed E-state index contributed by atoms with van der Waals surface area (Å²) < 4.78 is 12.6. The lowest BCUT2D eigenvalue weighted by Crippen LogP contribution is -2.37. The third kappa shape index (κ3) is 3.94. The molecule has 0 aliphatic carbocycles. The van der Waals surface area contributed by atoms with Crippen LogP contribution >= 0.6 is 0 Å². The molecule has 7 nitrogen and oxygen atoms in total. The number of ether oxygens (including phenoxy) is 2. The predicted octanol–water partition coefficient (Wildman–Crippen LogP) is 3.17. The van der Waals surface area contributed by atoms with E-state index in [0.717, 1.165) is 29.9 Å². The molecule has 0 N–H and O–H groups in total. The summed E-state index contributed by atoms with van der Waals surface area (Å²) in [6, 6.07) is 11.5.